The van der Waals surface area contributed by atoms with Crippen LogP contribution in [0.4, 0.5) is 4.79 Å². The van der Waals surface area contributed by atoms with E-state index >= 15 is 0 Å². The van der Waals surface area contributed by atoms with Crippen LogP contribution < -0.4 is 5.32 Å². The summed E-state index contributed by atoms with van der Waals surface area (Å²) in [5, 5.41) is 12.0. The third-order valence-corrected chi connectivity index (χ3v) is 5.05. The fraction of sp³-hybridized carbons (Fsp3) is 0.600. The highest BCUT2D eigenvalue weighted by Gasteiger charge is 2.23. The highest BCUT2D eigenvalue weighted by atomic mass is 16.4. The van der Waals surface area contributed by atoms with Gasteiger partial charge in [0.1, 0.15) is 0 Å². The van der Waals surface area contributed by atoms with E-state index in [0.29, 0.717) is 19.0 Å². The zero-order valence-electron chi connectivity index (χ0n) is 16.1. The number of rotatable bonds is 6. The second kappa shape index (κ2) is 9.57. The van der Waals surface area contributed by atoms with Gasteiger partial charge in [0.25, 0.3) is 0 Å². The Bertz CT molecular complexity index is 618. The Kier molecular flexibility index (Phi) is 7.45. The van der Waals surface area contributed by atoms with Crippen LogP contribution in [0.25, 0.3) is 0 Å². The van der Waals surface area contributed by atoms with E-state index in [1.165, 1.54) is 5.56 Å². The van der Waals surface area contributed by atoms with E-state index < -0.39 is 5.97 Å². The molecule has 6 nitrogen and oxygen atoms in total. The van der Waals surface area contributed by atoms with Gasteiger partial charge in [-0.15, -0.1) is 0 Å². The molecule has 2 N–H and O–H groups in total. The third-order valence-electron chi connectivity index (χ3n) is 5.05. The van der Waals surface area contributed by atoms with Gasteiger partial charge in [0.15, 0.2) is 0 Å². The summed E-state index contributed by atoms with van der Waals surface area (Å²) in [4.78, 5) is 27.1. The molecule has 1 fully saturated rings. The predicted octanol–water partition coefficient (Wildman–Crippen LogP) is 2.89. The average molecular weight is 361 g/mol. The minimum Gasteiger partial charge on any atom is -0.480 e. The number of hydrogen-bond acceptors (Lipinski definition) is 3. The van der Waals surface area contributed by atoms with Crippen LogP contribution in [0.2, 0.25) is 0 Å². The molecule has 0 radical (unpaired) electrons. The fourth-order valence-electron chi connectivity index (χ4n) is 3.42. The summed E-state index contributed by atoms with van der Waals surface area (Å²) in [6, 6.07) is 8.49. The van der Waals surface area contributed by atoms with Crippen LogP contribution in [0.3, 0.4) is 0 Å². The fourth-order valence-corrected chi connectivity index (χ4v) is 3.42. The van der Waals surface area contributed by atoms with Gasteiger partial charge in [0, 0.05) is 25.7 Å². The summed E-state index contributed by atoms with van der Waals surface area (Å²) < 4.78 is 0. The lowest BCUT2D eigenvalue weighted by Gasteiger charge is -2.25. The Morgan fingerprint density at radius 2 is 2.08 bits per heavy atom. The maximum absolute atomic E-state index is 12.5. The van der Waals surface area contributed by atoms with Crippen LogP contribution in [-0.2, 0) is 11.3 Å². The van der Waals surface area contributed by atoms with Crippen molar-refractivity contribution in [1.29, 1.82) is 0 Å². The van der Waals surface area contributed by atoms with Gasteiger partial charge in [-0.05, 0) is 43.4 Å². The summed E-state index contributed by atoms with van der Waals surface area (Å²) in [5.41, 5.74) is 2.38. The number of hydrogen-bond donors (Lipinski definition) is 2. The van der Waals surface area contributed by atoms with Gasteiger partial charge in [-0.2, -0.15) is 0 Å². The first-order valence-electron chi connectivity index (χ1n) is 9.40. The molecule has 1 aromatic rings. The summed E-state index contributed by atoms with van der Waals surface area (Å²) in [7, 11) is 1.84. The molecule has 2 rings (SSSR count). The number of amides is 2. The summed E-state index contributed by atoms with van der Waals surface area (Å²) in [6.07, 6.45) is 2.62. The summed E-state index contributed by atoms with van der Waals surface area (Å²) in [6.45, 7) is 6.27. The van der Waals surface area contributed by atoms with E-state index in [2.05, 4.69) is 31.3 Å². The maximum atomic E-state index is 12.5. The minimum absolute atomic E-state index is 0.0403. The quantitative estimate of drug-likeness (QED) is 0.817. The number of likely N-dealkylation sites (tertiary alicyclic amines) is 1. The zero-order chi connectivity index (χ0) is 19.1. The van der Waals surface area contributed by atoms with Gasteiger partial charge < -0.3 is 15.3 Å². The molecular weight excluding hydrogens is 330 g/mol. The van der Waals surface area contributed by atoms with Crippen LogP contribution in [0.15, 0.2) is 24.3 Å². The van der Waals surface area contributed by atoms with Crippen molar-refractivity contribution in [2.75, 3.05) is 26.7 Å². The Hall–Kier alpha value is -2.08. The normalized spacial score (nSPS) is 18.0. The van der Waals surface area contributed by atoms with Gasteiger partial charge >= 0.3 is 12.0 Å². The first-order chi connectivity index (χ1) is 12.4. The van der Waals surface area contributed by atoms with Crippen LogP contribution >= 0.6 is 0 Å². The van der Waals surface area contributed by atoms with Crippen molar-refractivity contribution < 1.29 is 14.7 Å². The van der Waals surface area contributed by atoms with Gasteiger partial charge in [0.2, 0.25) is 0 Å². The van der Waals surface area contributed by atoms with Crippen molar-refractivity contribution in [3.05, 3.63) is 35.4 Å². The Morgan fingerprint density at radius 3 is 2.77 bits per heavy atom. The molecule has 1 saturated heterocycles. The second-order valence-corrected chi connectivity index (χ2v) is 7.44. The molecule has 2 amide bonds. The highest BCUT2D eigenvalue weighted by molar-refractivity contribution is 5.74. The molecule has 1 aliphatic heterocycles. The molecule has 0 bridgehead atoms. The number of nitrogens with zero attached hydrogens (tertiary/aromatic N) is 2. The molecule has 1 atom stereocenters. The van der Waals surface area contributed by atoms with Crippen molar-refractivity contribution in [2.24, 2.45) is 0 Å². The Labute approximate surface area is 156 Å². The van der Waals surface area contributed by atoms with E-state index in [9.17, 15) is 9.59 Å². The zero-order valence-corrected chi connectivity index (χ0v) is 16.1. The monoisotopic (exact) mass is 361 g/mol. The number of benzene rings is 1. The standard InChI is InChI=1S/C20H31N3O3/c1-15(2)17-7-4-6-16(12-17)13-21-20(26)23-10-5-8-18(9-11-23)22(3)14-19(24)25/h4,6-7,12,15,18H,5,8-11,13-14H2,1-3H3,(H,21,26)(H,24,25). The van der Waals surface area contributed by atoms with Gasteiger partial charge in [0.05, 0.1) is 6.54 Å². The lowest BCUT2D eigenvalue weighted by molar-refractivity contribution is -0.138. The molecule has 0 aromatic heterocycles. The molecule has 1 aliphatic rings. The Morgan fingerprint density at radius 1 is 1.31 bits per heavy atom. The van der Waals surface area contributed by atoms with Crippen LogP contribution in [0.5, 0.6) is 0 Å². The molecule has 26 heavy (non-hydrogen) atoms. The molecule has 0 aliphatic carbocycles. The molecular formula is C20H31N3O3. The average Bonchev–Trinajstić information content (AvgIpc) is 2.85. The number of likely N-dealkylation sites (N-methyl/N-ethyl adjacent to an activating group) is 1. The smallest absolute Gasteiger partial charge is 0.317 e. The highest BCUT2D eigenvalue weighted by Crippen LogP contribution is 2.17. The Balaban J connectivity index is 1.84. The maximum Gasteiger partial charge on any atom is 0.317 e. The molecule has 0 saturated carbocycles. The molecule has 144 valence electrons. The van der Waals surface area contributed by atoms with Crippen LogP contribution in [0, 0.1) is 0 Å². The first kappa shape index (κ1) is 20.2. The van der Waals surface area contributed by atoms with Gasteiger partial charge in [-0.25, -0.2) is 4.79 Å². The lowest BCUT2D eigenvalue weighted by Crippen LogP contribution is -2.41. The van der Waals surface area contributed by atoms with E-state index in [1.54, 1.807) is 0 Å². The van der Waals surface area contributed by atoms with E-state index in [1.807, 2.05) is 29.0 Å². The van der Waals surface area contributed by atoms with Crippen LogP contribution in [0.1, 0.15) is 50.2 Å². The van der Waals surface area contributed by atoms with Crippen molar-refractivity contribution in [1.82, 2.24) is 15.1 Å². The minimum atomic E-state index is -0.810. The number of aliphatic carboxylic acids is 1. The van der Waals surface area contributed by atoms with Crippen LogP contribution in [-0.4, -0.2) is 59.6 Å². The molecule has 1 heterocycles. The van der Waals surface area contributed by atoms with E-state index in [0.717, 1.165) is 31.4 Å². The van der Waals surface area contributed by atoms with Gasteiger partial charge in [-0.1, -0.05) is 38.1 Å². The number of carboxylic acid groups (broad SMARTS) is 1. The number of carbonyl (C=O) groups is 2. The molecule has 0 spiro atoms. The van der Waals surface area contributed by atoms with Crippen molar-refractivity contribution in [3.8, 4) is 0 Å². The summed E-state index contributed by atoms with van der Waals surface area (Å²) in [5.74, 6) is -0.342. The van der Waals surface area contributed by atoms with E-state index in [-0.39, 0.29) is 18.6 Å². The number of nitrogens with one attached hydrogen (secondary N) is 1. The molecule has 1 aromatic carbocycles. The predicted molar refractivity (Wildman–Crippen MR) is 102 cm³/mol. The van der Waals surface area contributed by atoms with Crippen molar-refractivity contribution in [2.45, 2.75) is 51.6 Å². The van der Waals surface area contributed by atoms with Crippen molar-refractivity contribution in [3.63, 3.8) is 0 Å². The topological polar surface area (TPSA) is 72.9 Å². The second-order valence-electron chi connectivity index (χ2n) is 7.44. The summed E-state index contributed by atoms with van der Waals surface area (Å²) >= 11 is 0. The largest absolute Gasteiger partial charge is 0.480 e. The SMILES string of the molecule is CC(C)c1cccc(CNC(=O)N2CCCC(N(C)CC(=O)O)CC2)c1. The van der Waals surface area contributed by atoms with E-state index in [4.69, 9.17) is 5.11 Å². The number of carbonyl (C=O) groups excluding carboxylic acids is 1. The van der Waals surface area contributed by atoms with Crippen molar-refractivity contribution >= 4 is 12.0 Å². The lowest BCUT2D eigenvalue weighted by atomic mass is 10.0. The number of urea groups is 1. The first-order valence-corrected chi connectivity index (χ1v) is 9.40. The van der Waals surface area contributed by atoms with Gasteiger partial charge in [-0.3, -0.25) is 9.69 Å². The number of carboxylic acids is 1. The third kappa shape index (κ3) is 6.02. The molecule has 1 unspecified atom stereocenters. The molecule has 6 heteroatoms.